The van der Waals surface area contributed by atoms with Gasteiger partial charge in [-0.3, -0.25) is 0 Å². The molecule has 0 aliphatic rings. The first kappa shape index (κ1) is 9.55. The van der Waals surface area contributed by atoms with E-state index in [1.54, 1.807) is 14.0 Å². The average molecular weight is 181 g/mol. The normalized spacial score (nSPS) is 9.69. The molecule has 1 rings (SSSR count). The minimum absolute atomic E-state index is 0.0743. The highest BCUT2D eigenvalue weighted by atomic mass is 16.5. The third kappa shape index (κ3) is 1.79. The Kier molecular flexibility index (Phi) is 2.88. The Morgan fingerprint density at radius 3 is 2.92 bits per heavy atom. The van der Waals surface area contributed by atoms with Crippen LogP contribution in [0.5, 0.6) is 5.88 Å². The van der Waals surface area contributed by atoms with E-state index in [0.717, 1.165) is 0 Å². The van der Waals surface area contributed by atoms with Gasteiger partial charge >= 0.3 is 0 Å². The fourth-order valence-electron chi connectivity index (χ4n) is 1.07. The maximum atomic E-state index is 8.77. The first-order valence-corrected chi connectivity index (χ1v) is 3.88. The molecular weight excluding hydrogens is 170 g/mol. The number of hydrogen-bond acceptors (Lipinski definition) is 4. The van der Waals surface area contributed by atoms with E-state index >= 15 is 0 Å². The van der Waals surface area contributed by atoms with Gasteiger partial charge in [-0.2, -0.15) is 10.4 Å². The summed E-state index contributed by atoms with van der Waals surface area (Å²) >= 11 is 0. The summed E-state index contributed by atoms with van der Waals surface area (Å²) in [5, 5.41) is 21.3. The maximum Gasteiger partial charge on any atom is 0.230 e. The number of aliphatic hydroxyl groups excluding tert-OH is 1. The summed E-state index contributed by atoms with van der Waals surface area (Å²) in [4.78, 5) is 0. The van der Waals surface area contributed by atoms with Crippen LogP contribution in [0.2, 0.25) is 0 Å². The molecule has 5 nitrogen and oxygen atoms in total. The van der Waals surface area contributed by atoms with Gasteiger partial charge in [-0.1, -0.05) is 0 Å². The van der Waals surface area contributed by atoms with Crippen molar-refractivity contribution < 1.29 is 9.84 Å². The maximum absolute atomic E-state index is 8.77. The molecule has 0 unspecified atom stereocenters. The van der Waals surface area contributed by atoms with Crippen LogP contribution in [0.15, 0.2) is 0 Å². The van der Waals surface area contributed by atoms with Crippen LogP contribution >= 0.6 is 0 Å². The number of hydrogen-bond donors (Lipinski definition) is 1. The Morgan fingerprint density at radius 2 is 2.38 bits per heavy atom. The minimum atomic E-state index is -0.0743. The van der Waals surface area contributed by atoms with E-state index in [4.69, 9.17) is 15.1 Å². The molecule has 0 saturated carbocycles. The van der Waals surface area contributed by atoms with Gasteiger partial charge in [-0.25, -0.2) is 4.68 Å². The molecule has 1 aromatic rings. The molecule has 0 fully saturated rings. The summed E-state index contributed by atoms with van der Waals surface area (Å²) in [6.07, 6.45) is 0. The zero-order valence-electron chi connectivity index (χ0n) is 7.61. The Bertz CT molecular complexity index is 338. The molecule has 0 amide bonds. The van der Waals surface area contributed by atoms with E-state index in [2.05, 4.69) is 5.10 Å². The lowest BCUT2D eigenvalue weighted by Crippen LogP contribution is -2.06. The quantitative estimate of drug-likeness (QED) is 0.710. The second-order valence-corrected chi connectivity index (χ2v) is 2.57. The Balaban J connectivity index is 2.97. The summed E-state index contributed by atoms with van der Waals surface area (Å²) in [6.45, 7) is 1.84. The van der Waals surface area contributed by atoms with Gasteiger partial charge in [0.25, 0.3) is 0 Å². The molecule has 70 valence electrons. The van der Waals surface area contributed by atoms with E-state index in [1.165, 1.54) is 4.68 Å². The molecule has 0 atom stereocenters. The highest BCUT2D eigenvalue weighted by Gasteiger charge is 2.13. The van der Waals surface area contributed by atoms with Crippen LogP contribution in [0.25, 0.3) is 0 Å². The predicted octanol–water partition coefficient (Wildman–Crippen LogP) is -0.0287. The van der Waals surface area contributed by atoms with Crippen molar-refractivity contribution in [1.29, 1.82) is 5.26 Å². The van der Waals surface area contributed by atoms with Gasteiger partial charge in [-0.05, 0) is 6.92 Å². The van der Waals surface area contributed by atoms with E-state index in [0.29, 0.717) is 17.1 Å². The molecule has 1 N–H and O–H groups in total. The van der Waals surface area contributed by atoms with E-state index < -0.39 is 0 Å². The van der Waals surface area contributed by atoms with Gasteiger partial charge in [0.15, 0.2) is 0 Å². The molecule has 0 saturated heterocycles. The molecule has 13 heavy (non-hydrogen) atoms. The molecule has 0 aliphatic heterocycles. The monoisotopic (exact) mass is 181 g/mol. The summed E-state index contributed by atoms with van der Waals surface area (Å²) in [5.74, 6) is 0.411. The molecule has 0 aliphatic carbocycles. The first-order chi connectivity index (χ1) is 6.20. The van der Waals surface area contributed by atoms with Crippen LogP contribution in [0, 0.1) is 18.3 Å². The zero-order valence-corrected chi connectivity index (χ0v) is 7.61. The molecule has 5 heteroatoms. The van der Waals surface area contributed by atoms with Gasteiger partial charge in [0.1, 0.15) is 18.2 Å². The highest BCUT2D eigenvalue weighted by Crippen LogP contribution is 2.19. The summed E-state index contributed by atoms with van der Waals surface area (Å²) < 4.78 is 6.65. The van der Waals surface area contributed by atoms with E-state index in [9.17, 15) is 0 Å². The SMILES string of the molecule is Cc1nn(C)c(OCCO)c1C#N. The van der Waals surface area contributed by atoms with Crippen LogP contribution < -0.4 is 4.74 Å². The molecule has 0 aromatic carbocycles. The average Bonchev–Trinajstić information content (AvgIpc) is 2.37. The highest BCUT2D eigenvalue weighted by molar-refractivity contribution is 5.41. The fourth-order valence-corrected chi connectivity index (χ4v) is 1.07. The standard InChI is InChI=1S/C8H11N3O2/c1-6-7(5-9)8(11(2)10-6)13-4-3-12/h12H,3-4H2,1-2H3. The van der Waals surface area contributed by atoms with Gasteiger partial charge in [-0.15, -0.1) is 0 Å². The Morgan fingerprint density at radius 1 is 1.69 bits per heavy atom. The van der Waals surface area contributed by atoms with Crippen molar-refractivity contribution in [3.63, 3.8) is 0 Å². The largest absolute Gasteiger partial charge is 0.474 e. The number of rotatable bonds is 3. The number of aryl methyl sites for hydroxylation is 2. The van der Waals surface area contributed by atoms with E-state index in [1.807, 2.05) is 6.07 Å². The lowest BCUT2D eigenvalue weighted by atomic mass is 10.3. The molecule has 1 aromatic heterocycles. The minimum Gasteiger partial charge on any atom is -0.474 e. The summed E-state index contributed by atoms with van der Waals surface area (Å²) in [7, 11) is 1.69. The second-order valence-electron chi connectivity index (χ2n) is 2.57. The number of nitriles is 1. The molecular formula is C8H11N3O2. The Labute approximate surface area is 76.2 Å². The first-order valence-electron chi connectivity index (χ1n) is 3.88. The third-order valence-corrected chi connectivity index (χ3v) is 1.61. The van der Waals surface area contributed by atoms with Crippen molar-refractivity contribution in [2.45, 2.75) is 6.92 Å². The number of ether oxygens (including phenoxy) is 1. The lowest BCUT2D eigenvalue weighted by molar-refractivity contribution is 0.191. The van der Waals surface area contributed by atoms with Crippen LogP contribution in [0.1, 0.15) is 11.3 Å². The van der Waals surface area contributed by atoms with Gasteiger partial charge in [0, 0.05) is 7.05 Å². The van der Waals surface area contributed by atoms with Gasteiger partial charge in [0.2, 0.25) is 5.88 Å². The van der Waals surface area contributed by atoms with E-state index in [-0.39, 0.29) is 13.2 Å². The van der Waals surface area contributed by atoms with Crippen molar-refractivity contribution in [3.8, 4) is 11.9 Å². The zero-order chi connectivity index (χ0) is 9.84. The molecule has 0 bridgehead atoms. The third-order valence-electron chi connectivity index (χ3n) is 1.61. The smallest absolute Gasteiger partial charge is 0.230 e. The summed E-state index contributed by atoms with van der Waals surface area (Å²) in [6, 6.07) is 2.00. The van der Waals surface area contributed by atoms with Crippen LogP contribution in [0.4, 0.5) is 0 Å². The topological polar surface area (TPSA) is 71.1 Å². The molecule has 0 radical (unpaired) electrons. The van der Waals surface area contributed by atoms with Crippen molar-refractivity contribution >= 4 is 0 Å². The number of aliphatic hydroxyl groups is 1. The van der Waals surface area contributed by atoms with Crippen molar-refractivity contribution in [3.05, 3.63) is 11.3 Å². The van der Waals surface area contributed by atoms with Crippen molar-refractivity contribution in [2.75, 3.05) is 13.2 Å². The van der Waals surface area contributed by atoms with Gasteiger partial charge < -0.3 is 9.84 Å². The molecule has 1 heterocycles. The van der Waals surface area contributed by atoms with Crippen molar-refractivity contribution in [1.82, 2.24) is 9.78 Å². The summed E-state index contributed by atoms with van der Waals surface area (Å²) in [5.41, 5.74) is 1.06. The predicted molar refractivity (Wildman–Crippen MR) is 45.2 cm³/mol. The fraction of sp³-hybridized carbons (Fsp3) is 0.500. The number of aromatic nitrogens is 2. The Hall–Kier alpha value is -1.54. The lowest BCUT2D eigenvalue weighted by Gasteiger charge is -2.03. The second kappa shape index (κ2) is 3.92. The van der Waals surface area contributed by atoms with Gasteiger partial charge in [0.05, 0.1) is 12.3 Å². The molecule has 0 spiro atoms. The van der Waals surface area contributed by atoms with Crippen LogP contribution in [0.3, 0.4) is 0 Å². The number of nitrogens with zero attached hydrogens (tertiary/aromatic N) is 3. The van der Waals surface area contributed by atoms with Crippen LogP contribution in [-0.4, -0.2) is 28.1 Å². The van der Waals surface area contributed by atoms with Crippen molar-refractivity contribution in [2.24, 2.45) is 7.05 Å². The van der Waals surface area contributed by atoms with Crippen LogP contribution in [-0.2, 0) is 7.05 Å².